The number of carbonyl (C=O) groups excluding carboxylic acids is 1. The Hall–Kier alpha value is -2.26. The van der Waals surface area contributed by atoms with Gasteiger partial charge in [-0.3, -0.25) is 9.69 Å². The second kappa shape index (κ2) is 10.1. The van der Waals surface area contributed by atoms with Gasteiger partial charge in [-0.25, -0.2) is 8.42 Å². The van der Waals surface area contributed by atoms with E-state index >= 15 is 0 Å². The van der Waals surface area contributed by atoms with Crippen molar-refractivity contribution in [1.29, 1.82) is 0 Å². The van der Waals surface area contributed by atoms with Gasteiger partial charge in [-0.2, -0.15) is 4.31 Å². The van der Waals surface area contributed by atoms with Crippen LogP contribution in [0.5, 0.6) is 0 Å². The predicted octanol–water partition coefficient (Wildman–Crippen LogP) is 2.79. The number of anilines is 1. The summed E-state index contributed by atoms with van der Waals surface area (Å²) < 4.78 is 27.9. The lowest BCUT2D eigenvalue weighted by Crippen LogP contribution is -2.48. The van der Waals surface area contributed by atoms with Crippen LogP contribution in [0.15, 0.2) is 59.5 Å². The molecule has 32 heavy (non-hydrogen) atoms. The van der Waals surface area contributed by atoms with Gasteiger partial charge in [-0.15, -0.1) is 0 Å². The standard InChI is InChI=1S/C24H32N4O3S/c1-2-26-15-17-28(18-16-26)32(30,31)22-12-8-11-21(19-22)25-24(29)23(27-13-6-7-14-27)20-9-4-3-5-10-20/h3-5,8-12,19,23H,2,6-7,13-18H2,1H3,(H,25,29). The Kier molecular flexibility index (Phi) is 7.25. The Morgan fingerprint density at radius 3 is 2.28 bits per heavy atom. The minimum absolute atomic E-state index is 0.135. The van der Waals surface area contributed by atoms with Gasteiger partial charge in [-0.05, 0) is 56.2 Å². The lowest BCUT2D eigenvalue weighted by Gasteiger charge is -2.33. The number of hydrogen-bond acceptors (Lipinski definition) is 5. The first-order chi connectivity index (χ1) is 15.5. The third-order valence-corrected chi connectivity index (χ3v) is 8.28. The molecule has 0 bridgehead atoms. The van der Waals surface area contributed by atoms with E-state index in [0.717, 1.165) is 51.1 Å². The van der Waals surface area contributed by atoms with Crippen molar-refractivity contribution in [1.82, 2.24) is 14.1 Å². The van der Waals surface area contributed by atoms with Gasteiger partial charge in [-0.1, -0.05) is 43.3 Å². The maximum absolute atomic E-state index is 13.3. The molecule has 1 atom stereocenters. The summed E-state index contributed by atoms with van der Waals surface area (Å²) in [6, 6.07) is 16.0. The summed E-state index contributed by atoms with van der Waals surface area (Å²) in [5.41, 5.74) is 1.45. The molecule has 7 nitrogen and oxygen atoms in total. The number of likely N-dealkylation sites (tertiary alicyclic amines) is 1. The van der Waals surface area contributed by atoms with E-state index < -0.39 is 10.0 Å². The molecule has 2 aliphatic heterocycles. The van der Waals surface area contributed by atoms with Crippen LogP contribution in [-0.2, 0) is 14.8 Å². The molecule has 8 heteroatoms. The Morgan fingerprint density at radius 2 is 1.62 bits per heavy atom. The highest BCUT2D eigenvalue weighted by Crippen LogP contribution is 2.27. The number of nitrogens with one attached hydrogen (secondary N) is 1. The topological polar surface area (TPSA) is 73.0 Å². The van der Waals surface area contributed by atoms with E-state index in [1.165, 1.54) is 4.31 Å². The van der Waals surface area contributed by atoms with Crippen molar-refractivity contribution in [3.8, 4) is 0 Å². The molecular weight excluding hydrogens is 424 g/mol. The van der Waals surface area contributed by atoms with Crippen LogP contribution in [0.3, 0.4) is 0 Å². The molecule has 0 saturated carbocycles. The van der Waals surface area contributed by atoms with E-state index in [4.69, 9.17) is 0 Å². The van der Waals surface area contributed by atoms with E-state index in [-0.39, 0.29) is 16.8 Å². The number of piperazine rings is 1. The average Bonchev–Trinajstić information content (AvgIpc) is 3.34. The summed E-state index contributed by atoms with van der Waals surface area (Å²) in [6.07, 6.45) is 2.16. The van der Waals surface area contributed by atoms with Crippen molar-refractivity contribution in [3.05, 3.63) is 60.2 Å². The van der Waals surface area contributed by atoms with Gasteiger partial charge in [0.15, 0.2) is 0 Å². The van der Waals surface area contributed by atoms with Gasteiger partial charge in [0.25, 0.3) is 0 Å². The fourth-order valence-corrected chi connectivity index (χ4v) is 6.01. The molecule has 2 aliphatic rings. The Labute approximate surface area is 191 Å². The quantitative estimate of drug-likeness (QED) is 0.694. The van der Waals surface area contributed by atoms with Crippen LogP contribution in [0.4, 0.5) is 5.69 Å². The van der Waals surface area contributed by atoms with Crippen LogP contribution in [0.25, 0.3) is 0 Å². The molecule has 172 valence electrons. The highest BCUT2D eigenvalue weighted by Gasteiger charge is 2.31. The molecule has 2 heterocycles. The lowest BCUT2D eigenvalue weighted by molar-refractivity contribution is -0.121. The number of nitrogens with zero attached hydrogens (tertiary/aromatic N) is 3. The SMILES string of the molecule is CCN1CCN(S(=O)(=O)c2cccc(NC(=O)C(c3ccccc3)N3CCCC3)c2)CC1. The normalized spacial score (nSPS) is 19.7. The highest BCUT2D eigenvalue weighted by molar-refractivity contribution is 7.89. The maximum Gasteiger partial charge on any atom is 0.246 e. The van der Waals surface area contributed by atoms with Crippen molar-refractivity contribution in [2.45, 2.75) is 30.7 Å². The zero-order valence-electron chi connectivity index (χ0n) is 18.6. The molecule has 1 unspecified atom stereocenters. The fourth-order valence-electron chi connectivity index (χ4n) is 4.54. The second-order valence-corrected chi connectivity index (χ2v) is 10.3. The predicted molar refractivity (Wildman–Crippen MR) is 126 cm³/mol. The van der Waals surface area contributed by atoms with Gasteiger partial charge >= 0.3 is 0 Å². The number of rotatable bonds is 7. The van der Waals surface area contributed by atoms with Gasteiger partial charge in [0.05, 0.1) is 4.90 Å². The van der Waals surface area contributed by atoms with Crippen LogP contribution in [0.2, 0.25) is 0 Å². The summed E-state index contributed by atoms with van der Waals surface area (Å²) in [7, 11) is -3.60. The average molecular weight is 457 g/mol. The van der Waals surface area contributed by atoms with Gasteiger partial charge in [0, 0.05) is 31.9 Å². The van der Waals surface area contributed by atoms with Crippen molar-refractivity contribution in [2.75, 3.05) is 51.1 Å². The maximum atomic E-state index is 13.3. The first-order valence-electron chi connectivity index (χ1n) is 11.4. The van der Waals surface area contributed by atoms with E-state index in [1.807, 2.05) is 30.3 Å². The first kappa shape index (κ1) is 22.9. The fraction of sp³-hybridized carbons (Fsp3) is 0.458. The van der Waals surface area contributed by atoms with Crippen LogP contribution >= 0.6 is 0 Å². The Balaban J connectivity index is 1.52. The molecule has 0 aromatic heterocycles. The number of likely N-dealkylation sites (N-methyl/N-ethyl adjacent to an activating group) is 1. The monoisotopic (exact) mass is 456 g/mol. The first-order valence-corrected chi connectivity index (χ1v) is 12.9. The Morgan fingerprint density at radius 1 is 0.938 bits per heavy atom. The van der Waals surface area contributed by atoms with Gasteiger partial charge in [0.1, 0.15) is 6.04 Å². The van der Waals surface area contributed by atoms with Crippen molar-refractivity contribution >= 4 is 21.6 Å². The zero-order valence-corrected chi connectivity index (χ0v) is 19.4. The van der Waals surface area contributed by atoms with E-state index in [9.17, 15) is 13.2 Å². The van der Waals surface area contributed by atoms with E-state index in [2.05, 4.69) is 22.0 Å². The summed E-state index contributed by atoms with van der Waals surface area (Å²) in [6.45, 7) is 7.21. The summed E-state index contributed by atoms with van der Waals surface area (Å²) in [5, 5.41) is 2.98. The molecule has 2 aromatic rings. The molecule has 1 N–H and O–H groups in total. The number of amides is 1. The molecule has 0 spiro atoms. The molecule has 1 amide bonds. The molecule has 2 aromatic carbocycles. The van der Waals surface area contributed by atoms with Gasteiger partial charge in [0.2, 0.25) is 15.9 Å². The van der Waals surface area contributed by atoms with Gasteiger partial charge < -0.3 is 10.2 Å². The largest absolute Gasteiger partial charge is 0.324 e. The summed E-state index contributed by atoms with van der Waals surface area (Å²) in [5.74, 6) is -0.135. The van der Waals surface area contributed by atoms with E-state index in [1.54, 1.807) is 24.3 Å². The summed E-state index contributed by atoms with van der Waals surface area (Å²) >= 11 is 0. The molecule has 0 radical (unpaired) electrons. The number of carbonyl (C=O) groups is 1. The lowest BCUT2D eigenvalue weighted by atomic mass is 10.0. The summed E-state index contributed by atoms with van der Waals surface area (Å²) in [4.78, 5) is 18.0. The molecular formula is C24H32N4O3S. The number of benzene rings is 2. The van der Waals surface area contributed by atoms with Crippen LogP contribution in [0, 0.1) is 0 Å². The van der Waals surface area contributed by atoms with Crippen molar-refractivity contribution in [2.24, 2.45) is 0 Å². The second-order valence-electron chi connectivity index (χ2n) is 8.41. The number of hydrogen-bond donors (Lipinski definition) is 1. The van der Waals surface area contributed by atoms with Crippen molar-refractivity contribution in [3.63, 3.8) is 0 Å². The van der Waals surface area contributed by atoms with Crippen LogP contribution < -0.4 is 5.32 Å². The van der Waals surface area contributed by atoms with E-state index in [0.29, 0.717) is 18.8 Å². The number of sulfonamides is 1. The van der Waals surface area contributed by atoms with Crippen LogP contribution in [-0.4, -0.2) is 74.2 Å². The smallest absolute Gasteiger partial charge is 0.246 e. The minimum atomic E-state index is -3.60. The van der Waals surface area contributed by atoms with Crippen molar-refractivity contribution < 1.29 is 13.2 Å². The third kappa shape index (κ3) is 5.04. The molecule has 2 fully saturated rings. The zero-order chi connectivity index (χ0) is 22.6. The Bertz CT molecular complexity index is 1010. The molecule has 4 rings (SSSR count). The molecule has 2 saturated heterocycles. The highest BCUT2D eigenvalue weighted by atomic mass is 32.2. The third-order valence-electron chi connectivity index (χ3n) is 6.39. The minimum Gasteiger partial charge on any atom is -0.324 e. The van der Waals surface area contributed by atoms with Crippen LogP contribution in [0.1, 0.15) is 31.4 Å². The molecule has 0 aliphatic carbocycles.